The first-order valence-electron chi connectivity index (χ1n) is 6.11. The molecule has 1 atom stereocenters. The average molecular weight is 285 g/mol. The topological polar surface area (TPSA) is 86.9 Å². The van der Waals surface area contributed by atoms with E-state index in [1.807, 2.05) is 14.0 Å². The molecule has 3 N–H and O–H groups in total. The Bertz CT molecular complexity index is 574. The molecule has 0 aliphatic carbocycles. The second-order valence-electron chi connectivity index (χ2n) is 4.91. The Labute approximate surface area is 113 Å². The molecule has 1 heterocycles. The number of anilines is 1. The van der Waals surface area contributed by atoms with Gasteiger partial charge in [0.2, 0.25) is 10.0 Å². The number of likely N-dealkylation sites (N-methyl/N-ethyl adjacent to an activating group) is 1. The number of sulfonamides is 1. The van der Waals surface area contributed by atoms with Crippen LogP contribution in [0.1, 0.15) is 6.92 Å². The van der Waals surface area contributed by atoms with Gasteiger partial charge < -0.3 is 15.7 Å². The summed E-state index contributed by atoms with van der Waals surface area (Å²) in [6.45, 7) is 3.62. The van der Waals surface area contributed by atoms with Crippen LogP contribution in [0.3, 0.4) is 0 Å². The quantitative estimate of drug-likeness (QED) is 0.603. The average Bonchev–Trinajstić information content (AvgIpc) is 2.35. The van der Waals surface area contributed by atoms with E-state index < -0.39 is 10.0 Å². The van der Waals surface area contributed by atoms with E-state index in [9.17, 15) is 13.5 Å². The standard InChI is InChI=1S/C12H19N3O3S/c1-9-8-15(6-5-14(9)2)19(17,18)10-3-4-12(16)11(13)7-10/h3-4,7,9,16H,5-6,8,13H2,1-2H3. The van der Waals surface area contributed by atoms with Crippen LogP contribution < -0.4 is 5.73 Å². The Hall–Kier alpha value is -1.31. The molecule has 1 aromatic carbocycles. The zero-order valence-corrected chi connectivity index (χ0v) is 11.9. The van der Waals surface area contributed by atoms with Gasteiger partial charge in [-0.2, -0.15) is 4.31 Å². The number of benzene rings is 1. The number of phenolic OH excluding ortho intramolecular Hbond substituents is 1. The summed E-state index contributed by atoms with van der Waals surface area (Å²) in [6.07, 6.45) is 0. The molecule has 1 saturated heterocycles. The van der Waals surface area contributed by atoms with Crippen LogP contribution >= 0.6 is 0 Å². The zero-order valence-electron chi connectivity index (χ0n) is 11.1. The number of piperazine rings is 1. The maximum absolute atomic E-state index is 12.5. The molecule has 0 bridgehead atoms. The minimum Gasteiger partial charge on any atom is -0.506 e. The molecule has 2 rings (SSSR count). The molecule has 1 aliphatic rings. The van der Waals surface area contributed by atoms with Crippen molar-refractivity contribution in [2.75, 3.05) is 32.4 Å². The molecular formula is C12H19N3O3S. The van der Waals surface area contributed by atoms with Crippen LogP contribution in [-0.4, -0.2) is 55.5 Å². The van der Waals surface area contributed by atoms with Gasteiger partial charge in [-0.1, -0.05) is 0 Å². The number of nitrogens with two attached hydrogens (primary N) is 1. The number of phenols is 1. The van der Waals surface area contributed by atoms with Crippen LogP contribution in [0, 0.1) is 0 Å². The molecule has 1 aliphatic heterocycles. The van der Waals surface area contributed by atoms with E-state index in [0.29, 0.717) is 19.6 Å². The summed E-state index contributed by atoms with van der Waals surface area (Å²) in [5.74, 6) is -0.106. The second kappa shape index (κ2) is 4.99. The van der Waals surface area contributed by atoms with E-state index in [-0.39, 0.29) is 22.4 Å². The molecule has 0 amide bonds. The van der Waals surface area contributed by atoms with E-state index in [2.05, 4.69) is 4.90 Å². The summed E-state index contributed by atoms with van der Waals surface area (Å²) in [5, 5.41) is 9.36. The van der Waals surface area contributed by atoms with E-state index in [4.69, 9.17) is 5.73 Å². The first kappa shape index (κ1) is 14.1. The number of hydrogen-bond donors (Lipinski definition) is 2. The van der Waals surface area contributed by atoms with Crippen molar-refractivity contribution in [1.29, 1.82) is 0 Å². The minimum absolute atomic E-state index is 0.0725. The molecular weight excluding hydrogens is 266 g/mol. The zero-order chi connectivity index (χ0) is 14.2. The molecule has 0 spiro atoms. The SMILES string of the molecule is CC1CN(S(=O)(=O)c2ccc(O)c(N)c2)CCN1C. The third kappa shape index (κ3) is 2.68. The summed E-state index contributed by atoms with van der Waals surface area (Å²) in [4.78, 5) is 2.25. The Morgan fingerprint density at radius 1 is 1.37 bits per heavy atom. The van der Waals surface area contributed by atoms with E-state index in [1.54, 1.807) is 0 Å². The summed E-state index contributed by atoms with van der Waals surface area (Å²) in [5.41, 5.74) is 5.63. The summed E-state index contributed by atoms with van der Waals surface area (Å²) < 4.78 is 26.4. The normalized spacial score (nSPS) is 22.5. The lowest BCUT2D eigenvalue weighted by Crippen LogP contribution is -2.51. The molecule has 7 heteroatoms. The Kier molecular flexibility index (Phi) is 3.71. The van der Waals surface area contributed by atoms with Crippen LogP contribution in [0.5, 0.6) is 5.75 Å². The number of nitrogen functional groups attached to an aromatic ring is 1. The van der Waals surface area contributed by atoms with Crippen molar-refractivity contribution in [2.24, 2.45) is 0 Å². The van der Waals surface area contributed by atoms with Crippen molar-refractivity contribution in [1.82, 2.24) is 9.21 Å². The molecule has 1 aromatic rings. The van der Waals surface area contributed by atoms with Gasteiger partial charge in [-0.3, -0.25) is 0 Å². The molecule has 0 aromatic heterocycles. The lowest BCUT2D eigenvalue weighted by molar-refractivity contribution is 0.159. The first-order valence-corrected chi connectivity index (χ1v) is 7.55. The highest BCUT2D eigenvalue weighted by atomic mass is 32.2. The number of hydrogen-bond acceptors (Lipinski definition) is 5. The largest absolute Gasteiger partial charge is 0.506 e. The van der Waals surface area contributed by atoms with E-state index in [0.717, 1.165) is 0 Å². The Morgan fingerprint density at radius 2 is 2.05 bits per heavy atom. The highest BCUT2D eigenvalue weighted by Crippen LogP contribution is 2.26. The number of nitrogens with zero attached hydrogens (tertiary/aromatic N) is 2. The van der Waals surface area contributed by atoms with Crippen LogP contribution in [0.25, 0.3) is 0 Å². The van der Waals surface area contributed by atoms with Crippen molar-refractivity contribution in [3.8, 4) is 5.75 Å². The lowest BCUT2D eigenvalue weighted by Gasteiger charge is -2.36. The van der Waals surface area contributed by atoms with Gasteiger partial charge in [-0.05, 0) is 32.2 Å². The number of aromatic hydroxyl groups is 1. The van der Waals surface area contributed by atoms with Gasteiger partial charge in [-0.25, -0.2) is 8.42 Å². The molecule has 19 heavy (non-hydrogen) atoms. The fraction of sp³-hybridized carbons (Fsp3) is 0.500. The highest BCUT2D eigenvalue weighted by Gasteiger charge is 2.30. The van der Waals surface area contributed by atoms with Crippen LogP contribution in [0.2, 0.25) is 0 Å². The summed E-state index contributed by atoms with van der Waals surface area (Å²) in [6, 6.07) is 4.16. The highest BCUT2D eigenvalue weighted by molar-refractivity contribution is 7.89. The van der Waals surface area contributed by atoms with Gasteiger partial charge in [0.25, 0.3) is 0 Å². The lowest BCUT2D eigenvalue weighted by atomic mass is 10.2. The predicted molar refractivity (Wildman–Crippen MR) is 73.4 cm³/mol. The molecule has 1 fully saturated rings. The van der Waals surface area contributed by atoms with Gasteiger partial charge in [-0.15, -0.1) is 0 Å². The van der Waals surface area contributed by atoms with Gasteiger partial charge in [0.1, 0.15) is 5.75 Å². The van der Waals surface area contributed by atoms with Crippen LogP contribution in [0.4, 0.5) is 5.69 Å². The third-order valence-corrected chi connectivity index (χ3v) is 5.42. The van der Waals surface area contributed by atoms with Gasteiger partial charge in [0, 0.05) is 25.7 Å². The molecule has 0 saturated carbocycles. The van der Waals surface area contributed by atoms with E-state index in [1.165, 1.54) is 22.5 Å². The molecule has 106 valence electrons. The van der Waals surface area contributed by atoms with Crippen LogP contribution in [-0.2, 0) is 10.0 Å². The summed E-state index contributed by atoms with van der Waals surface area (Å²) in [7, 11) is -1.56. The maximum atomic E-state index is 12.5. The molecule has 1 unspecified atom stereocenters. The fourth-order valence-electron chi connectivity index (χ4n) is 2.08. The second-order valence-corrected chi connectivity index (χ2v) is 6.85. The Balaban J connectivity index is 2.29. The Morgan fingerprint density at radius 3 is 2.63 bits per heavy atom. The fourth-order valence-corrected chi connectivity index (χ4v) is 3.62. The van der Waals surface area contributed by atoms with Crippen molar-refractivity contribution in [2.45, 2.75) is 17.9 Å². The first-order chi connectivity index (χ1) is 8.82. The maximum Gasteiger partial charge on any atom is 0.243 e. The van der Waals surface area contributed by atoms with Crippen LogP contribution in [0.15, 0.2) is 23.1 Å². The third-order valence-electron chi connectivity index (χ3n) is 3.56. The van der Waals surface area contributed by atoms with Crippen molar-refractivity contribution < 1.29 is 13.5 Å². The minimum atomic E-state index is -3.54. The predicted octanol–water partition coefficient (Wildman–Crippen LogP) is 0.299. The molecule has 0 radical (unpaired) electrons. The van der Waals surface area contributed by atoms with Crippen molar-refractivity contribution in [3.05, 3.63) is 18.2 Å². The summed E-state index contributed by atoms with van der Waals surface area (Å²) >= 11 is 0. The molecule has 6 nitrogen and oxygen atoms in total. The van der Waals surface area contributed by atoms with Crippen molar-refractivity contribution in [3.63, 3.8) is 0 Å². The van der Waals surface area contributed by atoms with Crippen molar-refractivity contribution >= 4 is 15.7 Å². The van der Waals surface area contributed by atoms with Gasteiger partial charge >= 0.3 is 0 Å². The monoisotopic (exact) mass is 285 g/mol. The van der Waals surface area contributed by atoms with Gasteiger partial charge in [0.15, 0.2) is 0 Å². The van der Waals surface area contributed by atoms with Gasteiger partial charge in [0.05, 0.1) is 10.6 Å². The number of rotatable bonds is 2. The smallest absolute Gasteiger partial charge is 0.243 e. The van der Waals surface area contributed by atoms with E-state index >= 15 is 0 Å².